The summed E-state index contributed by atoms with van der Waals surface area (Å²) in [6.07, 6.45) is 4.15. The molecule has 1 heterocycles. The molecule has 1 fully saturated rings. The molecule has 0 saturated heterocycles. The smallest absolute Gasteiger partial charge is 0.245 e. The molecule has 1 saturated carbocycles. The van der Waals surface area contributed by atoms with Crippen LogP contribution in [0.3, 0.4) is 0 Å². The van der Waals surface area contributed by atoms with Gasteiger partial charge in [0.15, 0.2) is 0 Å². The van der Waals surface area contributed by atoms with Crippen LogP contribution < -0.4 is 5.32 Å². The maximum absolute atomic E-state index is 12.7. The maximum Gasteiger partial charge on any atom is 0.245 e. The maximum atomic E-state index is 12.7. The Morgan fingerprint density at radius 1 is 1.35 bits per heavy atom. The van der Waals surface area contributed by atoms with Crippen LogP contribution in [0.1, 0.15) is 25.7 Å². The van der Waals surface area contributed by atoms with Gasteiger partial charge >= 0.3 is 0 Å². The molecule has 2 aromatic rings. The number of hydrogen-bond donors (Lipinski definition) is 1. The zero-order valence-corrected chi connectivity index (χ0v) is 14.4. The quantitative estimate of drug-likeness (QED) is 0.875. The number of carbonyl (C=O) groups excluding carboxylic acids is 1. The monoisotopic (exact) mass is 354 g/mol. The van der Waals surface area contributed by atoms with Gasteiger partial charge < -0.3 is 5.32 Å². The Morgan fingerprint density at radius 3 is 2.83 bits per heavy atom. The topological polar surface area (TPSA) is 92.3 Å². The second-order valence-electron chi connectivity index (χ2n) is 5.70. The number of sulfonamides is 1. The van der Waals surface area contributed by atoms with Gasteiger partial charge in [0.2, 0.25) is 15.9 Å². The molecule has 1 aromatic carbocycles. The summed E-state index contributed by atoms with van der Waals surface area (Å²) in [5.41, 5.74) is 0.889. The average Bonchev–Trinajstić information content (AvgIpc) is 3.17. The fourth-order valence-electron chi connectivity index (χ4n) is 2.79. The Morgan fingerprint density at radius 2 is 2.09 bits per heavy atom. The molecule has 9 heteroatoms. The van der Waals surface area contributed by atoms with Crippen LogP contribution in [-0.4, -0.2) is 47.0 Å². The van der Waals surface area contributed by atoms with E-state index in [1.54, 1.807) is 12.1 Å². The lowest BCUT2D eigenvalue weighted by atomic mass is 10.2. The van der Waals surface area contributed by atoms with E-state index >= 15 is 0 Å². The van der Waals surface area contributed by atoms with Crippen molar-refractivity contribution in [3.05, 3.63) is 18.2 Å². The van der Waals surface area contributed by atoms with Crippen molar-refractivity contribution < 1.29 is 13.2 Å². The van der Waals surface area contributed by atoms with Crippen LogP contribution in [0.4, 0.5) is 0 Å². The Kier molecular flexibility index (Phi) is 4.60. The van der Waals surface area contributed by atoms with Crippen molar-refractivity contribution in [3.8, 4) is 0 Å². The first-order valence-corrected chi connectivity index (χ1v) is 9.62. The van der Waals surface area contributed by atoms with Crippen molar-refractivity contribution in [2.24, 2.45) is 0 Å². The number of nitrogens with one attached hydrogen (secondary N) is 1. The normalized spacial score (nSPS) is 16.3. The number of benzene rings is 1. The number of likely N-dealkylation sites (N-methyl/N-ethyl adjacent to an activating group) is 1. The Bertz CT molecular complexity index is 812. The molecule has 0 bridgehead atoms. The van der Waals surface area contributed by atoms with Gasteiger partial charge in [0, 0.05) is 13.1 Å². The zero-order chi connectivity index (χ0) is 16.4. The summed E-state index contributed by atoms with van der Waals surface area (Å²) < 4.78 is 34.6. The van der Waals surface area contributed by atoms with E-state index in [0.29, 0.717) is 11.0 Å². The average molecular weight is 354 g/mol. The van der Waals surface area contributed by atoms with Gasteiger partial charge in [0.1, 0.15) is 15.9 Å². The van der Waals surface area contributed by atoms with E-state index in [-0.39, 0.29) is 23.4 Å². The summed E-state index contributed by atoms with van der Waals surface area (Å²) >= 11 is 0.968. The third-order valence-corrected chi connectivity index (χ3v) is 6.40. The summed E-state index contributed by atoms with van der Waals surface area (Å²) in [6, 6.07) is 5.00. The lowest BCUT2D eigenvalue weighted by molar-refractivity contribution is -0.121. The largest absolute Gasteiger partial charge is 0.352 e. The fourth-order valence-corrected chi connectivity index (χ4v) is 4.66. The van der Waals surface area contributed by atoms with Crippen LogP contribution in [0.25, 0.3) is 11.0 Å². The molecule has 0 radical (unpaired) electrons. The number of aromatic nitrogens is 2. The predicted molar refractivity (Wildman–Crippen MR) is 87.6 cm³/mol. The molecule has 0 aliphatic heterocycles. The van der Waals surface area contributed by atoms with E-state index in [4.69, 9.17) is 0 Å². The van der Waals surface area contributed by atoms with Crippen molar-refractivity contribution in [2.45, 2.75) is 36.6 Å². The first kappa shape index (κ1) is 16.3. The van der Waals surface area contributed by atoms with Crippen molar-refractivity contribution in [1.29, 1.82) is 0 Å². The highest BCUT2D eigenvalue weighted by molar-refractivity contribution is 7.89. The third kappa shape index (κ3) is 3.36. The summed E-state index contributed by atoms with van der Waals surface area (Å²) in [6.45, 7) is -0.202. The standard InChI is InChI=1S/C14H18N4O3S2/c1-18(9-13(19)15-10-5-2-3-6-10)23(20,21)12-8-4-7-11-14(12)17-22-16-11/h4,7-8,10H,2-3,5-6,9H2,1H3,(H,15,19). The predicted octanol–water partition coefficient (Wildman–Crippen LogP) is 1.37. The molecular weight excluding hydrogens is 336 g/mol. The molecule has 0 atom stereocenters. The third-order valence-electron chi connectivity index (χ3n) is 4.02. The van der Waals surface area contributed by atoms with Crippen molar-refractivity contribution in [2.75, 3.05) is 13.6 Å². The van der Waals surface area contributed by atoms with Crippen molar-refractivity contribution in [3.63, 3.8) is 0 Å². The van der Waals surface area contributed by atoms with Gasteiger partial charge in [-0.2, -0.15) is 13.1 Å². The Balaban J connectivity index is 1.76. The first-order chi connectivity index (χ1) is 11.0. The van der Waals surface area contributed by atoms with Crippen LogP contribution in [0.2, 0.25) is 0 Å². The summed E-state index contributed by atoms with van der Waals surface area (Å²) in [7, 11) is -2.38. The van der Waals surface area contributed by atoms with Crippen LogP contribution in [0.5, 0.6) is 0 Å². The summed E-state index contributed by atoms with van der Waals surface area (Å²) in [5, 5.41) is 2.89. The highest BCUT2D eigenvalue weighted by Crippen LogP contribution is 2.23. The summed E-state index contributed by atoms with van der Waals surface area (Å²) in [5.74, 6) is -0.272. The van der Waals surface area contributed by atoms with E-state index in [1.165, 1.54) is 13.1 Å². The molecule has 1 N–H and O–H groups in total. The van der Waals surface area contributed by atoms with Gasteiger partial charge in [-0.3, -0.25) is 4.79 Å². The minimum absolute atomic E-state index is 0.0833. The molecule has 0 spiro atoms. The highest BCUT2D eigenvalue weighted by Gasteiger charge is 2.27. The molecule has 23 heavy (non-hydrogen) atoms. The SMILES string of the molecule is CN(CC(=O)NC1CCCC1)S(=O)(=O)c1cccc2nsnc12. The molecule has 124 valence electrons. The Labute approximate surface area is 139 Å². The zero-order valence-electron chi connectivity index (χ0n) is 12.7. The highest BCUT2D eigenvalue weighted by atomic mass is 32.2. The van der Waals surface area contributed by atoms with Crippen LogP contribution in [-0.2, 0) is 14.8 Å². The lowest BCUT2D eigenvalue weighted by Crippen LogP contribution is -2.41. The van der Waals surface area contributed by atoms with Gasteiger partial charge in [-0.15, -0.1) is 0 Å². The molecule has 1 aromatic heterocycles. The molecule has 3 rings (SSSR count). The van der Waals surface area contributed by atoms with Crippen LogP contribution in [0.15, 0.2) is 23.1 Å². The minimum Gasteiger partial charge on any atom is -0.352 e. The molecule has 1 aliphatic rings. The number of rotatable bonds is 5. The van der Waals surface area contributed by atoms with Gasteiger partial charge in [-0.1, -0.05) is 18.9 Å². The van der Waals surface area contributed by atoms with E-state index in [0.717, 1.165) is 41.7 Å². The van der Waals surface area contributed by atoms with Crippen molar-refractivity contribution in [1.82, 2.24) is 18.4 Å². The molecular formula is C14H18N4O3S2. The molecule has 0 unspecified atom stereocenters. The van der Waals surface area contributed by atoms with E-state index in [1.807, 2.05) is 0 Å². The molecule has 1 amide bonds. The number of hydrogen-bond acceptors (Lipinski definition) is 6. The van der Waals surface area contributed by atoms with Crippen molar-refractivity contribution >= 4 is 38.7 Å². The van der Waals surface area contributed by atoms with E-state index < -0.39 is 10.0 Å². The van der Waals surface area contributed by atoms with Gasteiger partial charge in [-0.25, -0.2) is 8.42 Å². The summed E-state index contributed by atoms with van der Waals surface area (Å²) in [4.78, 5) is 12.1. The van der Waals surface area contributed by atoms with Gasteiger partial charge in [0.25, 0.3) is 0 Å². The fraction of sp³-hybridized carbons (Fsp3) is 0.500. The van der Waals surface area contributed by atoms with Gasteiger partial charge in [0.05, 0.1) is 18.3 Å². The molecule has 7 nitrogen and oxygen atoms in total. The number of carbonyl (C=O) groups is 1. The van der Waals surface area contributed by atoms with Gasteiger partial charge in [-0.05, 0) is 25.0 Å². The first-order valence-electron chi connectivity index (χ1n) is 7.45. The van der Waals surface area contributed by atoms with Crippen LogP contribution >= 0.6 is 11.7 Å². The van der Waals surface area contributed by atoms with E-state index in [2.05, 4.69) is 14.1 Å². The lowest BCUT2D eigenvalue weighted by Gasteiger charge is -2.18. The molecule has 1 aliphatic carbocycles. The number of amides is 1. The second-order valence-corrected chi connectivity index (χ2v) is 8.24. The Hall–Kier alpha value is -1.58. The van der Waals surface area contributed by atoms with E-state index in [9.17, 15) is 13.2 Å². The van der Waals surface area contributed by atoms with Crippen LogP contribution in [0, 0.1) is 0 Å². The number of nitrogens with zero attached hydrogens (tertiary/aromatic N) is 3. The number of fused-ring (bicyclic) bond motifs is 1. The second kappa shape index (κ2) is 6.50. The minimum atomic E-state index is -3.79.